The van der Waals surface area contributed by atoms with E-state index in [9.17, 15) is 9.59 Å². The van der Waals surface area contributed by atoms with Gasteiger partial charge in [0.2, 0.25) is 5.91 Å². The van der Waals surface area contributed by atoms with Gasteiger partial charge in [-0.2, -0.15) is 0 Å². The summed E-state index contributed by atoms with van der Waals surface area (Å²) in [6.45, 7) is 3.03. The summed E-state index contributed by atoms with van der Waals surface area (Å²) < 4.78 is 5.59. The number of nitrogens with one attached hydrogen (secondary N) is 2. The van der Waals surface area contributed by atoms with E-state index in [1.54, 1.807) is 31.3 Å². The number of rotatable bonds is 9. The molecule has 7 heteroatoms. The highest BCUT2D eigenvalue weighted by Gasteiger charge is 2.14. The van der Waals surface area contributed by atoms with E-state index in [1.165, 1.54) is 4.90 Å². The van der Waals surface area contributed by atoms with Gasteiger partial charge in [0.1, 0.15) is 11.6 Å². The normalized spacial score (nSPS) is 10.7. The number of nitrogens with zero attached hydrogens (tertiary/aromatic N) is 2. The summed E-state index contributed by atoms with van der Waals surface area (Å²) in [4.78, 5) is 33.8. The molecule has 2 aromatic carbocycles. The van der Waals surface area contributed by atoms with Crippen LogP contribution in [-0.4, -0.2) is 46.9 Å². The second-order valence-electron chi connectivity index (χ2n) is 6.86. The Morgan fingerprint density at radius 2 is 1.90 bits per heavy atom. The van der Waals surface area contributed by atoms with Crippen LogP contribution in [0, 0.1) is 0 Å². The first-order valence-corrected chi connectivity index (χ1v) is 9.75. The molecule has 0 aliphatic heterocycles. The molecule has 152 valence electrons. The zero-order valence-corrected chi connectivity index (χ0v) is 16.8. The van der Waals surface area contributed by atoms with E-state index in [0.717, 1.165) is 29.6 Å². The number of H-pyrrole nitrogens is 1. The highest BCUT2D eigenvalue weighted by molar-refractivity contribution is 5.96. The van der Waals surface area contributed by atoms with Crippen molar-refractivity contribution in [3.05, 3.63) is 59.9 Å². The fourth-order valence-electron chi connectivity index (χ4n) is 2.82. The molecule has 1 aromatic heterocycles. The average Bonchev–Trinajstić information content (AvgIpc) is 3.14. The molecule has 2 N–H and O–H groups in total. The molecule has 2 amide bonds. The highest BCUT2D eigenvalue weighted by Crippen LogP contribution is 2.13. The van der Waals surface area contributed by atoms with Crippen LogP contribution in [0.1, 0.15) is 35.9 Å². The van der Waals surface area contributed by atoms with Gasteiger partial charge in [-0.25, -0.2) is 4.98 Å². The smallest absolute Gasteiger partial charge is 0.251 e. The Balaban J connectivity index is 1.48. The number of hydrogen-bond acceptors (Lipinski definition) is 4. The topological polar surface area (TPSA) is 87.3 Å². The lowest BCUT2D eigenvalue weighted by Gasteiger charge is -2.16. The number of carbonyl (C=O) groups excluding carboxylic acids is 2. The SMILES string of the molecule is CCCCOc1ccc(C(=O)NCC(=O)N(C)Cc2nc3ccccc3[nH]2)cc1. The first kappa shape index (κ1) is 20.4. The monoisotopic (exact) mass is 394 g/mol. The van der Waals surface area contributed by atoms with Crippen LogP contribution in [0.5, 0.6) is 5.75 Å². The summed E-state index contributed by atoms with van der Waals surface area (Å²) in [7, 11) is 1.68. The predicted molar refractivity (Wildman–Crippen MR) is 112 cm³/mol. The lowest BCUT2D eigenvalue weighted by Crippen LogP contribution is -2.38. The van der Waals surface area contributed by atoms with Crippen molar-refractivity contribution in [3.8, 4) is 5.75 Å². The lowest BCUT2D eigenvalue weighted by molar-refractivity contribution is -0.129. The van der Waals surface area contributed by atoms with Gasteiger partial charge in [0.05, 0.1) is 30.7 Å². The molecule has 0 spiro atoms. The van der Waals surface area contributed by atoms with E-state index < -0.39 is 0 Å². The van der Waals surface area contributed by atoms with Crippen LogP contribution in [0.2, 0.25) is 0 Å². The van der Waals surface area contributed by atoms with E-state index in [4.69, 9.17) is 4.74 Å². The van der Waals surface area contributed by atoms with Crippen LogP contribution in [-0.2, 0) is 11.3 Å². The van der Waals surface area contributed by atoms with Crippen molar-refractivity contribution in [3.63, 3.8) is 0 Å². The number of imidazole rings is 1. The first-order valence-electron chi connectivity index (χ1n) is 9.75. The summed E-state index contributed by atoms with van der Waals surface area (Å²) in [5, 5.41) is 2.66. The van der Waals surface area contributed by atoms with Gasteiger partial charge >= 0.3 is 0 Å². The Hall–Kier alpha value is -3.35. The van der Waals surface area contributed by atoms with Crippen molar-refractivity contribution in [2.24, 2.45) is 0 Å². The van der Waals surface area contributed by atoms with E-state index in [0.29, 0.717) is 24.5 Å². The van der Waals surface area contributed by atoms with Gasteiger partial charge in [0, 0.05) is 12.6 Å². The molecule has 0 saturated carbocycles. The molecule has 1 heterocycles. The van der Waals surface area contributed by atoms with Crippen LogP contribution in [0.4, 0.5) is 0 Å². The van der Waals surface area contributed by atoms with Crippen molar-refractivity contribution in [1.82, 2.24) is 20.2 Å². The second-order valence-corrected chi connectivity index (χ2v) is 6.86. The van der Waals surface area contributed by atoms with Crippen molar-refractivity contribution >= 4 is 22.8 Å². The minimum absolute atomic E-state index is 0.0791. The maximum absolute atomic E-state index is 12.3. The Bertz CT molecular complexity index is 933. The molecule has 0 aliphatic carbocycles. The average molecular weight is 394 g/mol. The van der Waals surface area contributed by atoms with Crippen molar-refractivity contribution in [1.29, 1.82) is 0 Å². The summed E-state index contributed by atoms with van der Waals surface area (Å²) in [5.74, 6) is 0.942. The quantitative estimate of drug-likeness (QED) is 0.546. The fourth-order valence-corrected chi connectivity index (χ4v) is 2.82. The number of para-hydroxylation sites is 2. The predicted octanol–water partition coefficient (Wildman–Crippen LogP) is 3.13. The zero-order chi connectivity index (χ0) is 20.6. The lowest BCUT2D eigenvalue weighted by atomic mass is 10.2. The number of unbranched alkanes of at least 4 members (excludes halogenated alkanes) is 1. The molecule has 29 heavy (non-hydrogen) atoms. The van der Waals surface area contributed by atoms with Crippen LogP contribution in [0.15, 0.2) is 48.5 Å². The molecule has 7 nitrogen and oxygen atoms in total. The number of hydrogen-bond donors (Lipinski definition) is 2. The molecule has 0 radical (unpaired) electrons. The van der Waals surface area contributed by atoms with E-state index in [2.05, 4.69) is 22.2 Å². The summed E-state index contributed by atoms with van der Waals surface area (Å²) in [5.41, 5.74) is 2.28. The Kier molecular flexibility index (Phi) is 6.84. The number of ether oxygens (including phenoxy) is 1. The molecule has 0 bridgehead atoms. The molecule has 0 atom stereocenters. The number of carbonyl (C=O) groups is 2. The van der Waals surface area contributed by atoms with Gasteiger partial charge in [-0.15, -0.1) is 0 Å². The van der Waals surface area contributed by atoms with Gasteiger partial charge in [-0.1, -0.05) is 25.5 Å². The molecule has 0 unspecified atom stereocenters. The third-order valence-electron chi connectivity index (χ3n) is 4.53. The van der Waals surface area contributed by atoms with Crippen molar-refractivity contribution < 1.29 is 14.3 Å². The van der Waals surface area contributed by atoms with Crippen LogP contribution < -0.4 is 10.1 Å². The zero-order valence-electron chi connectivity index (χ0n) is 16.8. The third kappa shape index (κ3) is 5.57. The number of aromatic amines is 1. The summed E-state index contributed by atoms with van der Waals surface area (Å²) in [6.07, 6.45) is 2.06. The van der Waals surface area contributed by atoms with Crippen molar-refractivity contribution in [2.45, 2.75) is 26.3 Å². The van der Waals surface area contributed by atoms with Crippen LogP contribution in [0.25, 0.3) is 11.0 Å². The molecule has 0 aliphatic rings. The molecular formula is C22H26N4O3. The minimum atomic E-state index is -0.296. The van der Waals surface area contributed by atoms with Crippen LogP contribution >= 0.6 is 0 Å². The third-order valence-corrected chi connectivity index (χ3v) is 4.53. The number of amides is 2. The summed E-state index contributed by atoms with van der Waals surface area (Å²) >= 11 is 0. The highest BCUT2D eigenvalue weighted by atomic mass is 16.5. The molecule has 3 rings (SSSR count). The molecular weight excluding hydrogens is 368 g/mol. The van der Waals surface area contributed by atoms with Crippen molar-refractivity contribution in [2.75, 3.05) is 20.2 Å². The summed E-state index contributed by atoms with van der Waals surface area (Å²) in [6, 6.07) is 14.6. The maximum Gasteiger partial charge on any atom is 0.251 e. The van der Waals surface area contributed by atoms with Gasteiger partial charge in [0.25, 0.3) is 5.91 Å². The van der Waals surface area contributed by atoms with Gasteiger partial charge in [0.15, 0.2) is 0 Å². The number of fused-ring (bicyclic) bond motifs is 1. The molecule has 3 aromatic rings. The minimum Gasteiger partial charge on any atom is -0.494 e. The Labute approximate surface area is 170 Å². The van der Waals surface area contributed by atoms with Gasteiger partial charge in [-0.3, -0.25) is 9.59 Å². The fraction of sp³-hybridized carbons (Fsp3) is 0.318. The van der Waals surface area contributed by atoms with E-state index in [1.807, 2.05) is 24.3 Å². The van der Waals surface area contributed by atoms with E-state index >= 15 is 0 Å². The van der Waals surface area contributed by atoms with Gasteiger partial charge < -0.3 is 19.9 Å². The van der Waals surface area contributed by atoms with E-state index in [-0.39, 0.29) is 18.4 Å². The number of likely N-dealkylation sites (N-methyl/N-ethyl adjacent to an activating group) is 1. The van der Waals surface area contributed by atoms with Gasteiger partial charge in [-0.05, 0) is 42.8 Å². The maximum atomic E-state index is 12.3. The first-order chi connectivity index (χ1) is 14.1. The number of aromatic nitrogens is 2. The Morgan fingerprint density at radius 3 is 2.62 bits per heavy atom. The molecule has 0 fully saturated rings. The standard InChI is InChI=1S/C22H26N4O3/c1-3-4-13-29-17-11-9-16(10-12-17)22(28)23-14-21(27)26(2)15-20-24-18-7-5-6-8-19(18)25-20/h5-12H,3-4,13-15H2,1-2H3,(H,23,28)(H,24,25). The number of benzene rings is 2. The molecule has 0 saturated heterocycles. The Morgan fingerprint density at radius 1 is 1.14 bits per heavy atom. The van der Waals surface area contributed by atoms with Crippen LogP contribution in [0.3, 0.4) is 0 Å². The second kappa shape index (κ2) is 9.73. The largest absolute Gasteiger partial charge is 0.494 e.